The van der Waals surface area contributed by atoms with Crippen molar-refractivity contribution in [3.63, 3.8) is 0 Å². The van der Waals surface area contributed by atoms with Crippen LogP contribution in [-0.2, 0) is 9.59 Å². The van der Waals surface area contributed by atoms with E-state index in [2.05, 4.69) is 0 Å². The molecule has 4 nitrogen and oxygen atoms in total. The minimum atomic E-state index is -1.47. The normalized spacial score (nSPS) is 10.3. The van der Waals surface area contributed by atoms with Crippen LogP contribution in [0.2, 0.25) is 0 Å². The largest absolute Gasteiger partial charge is 0.475 e. The van der Waals surface area contributed by atoms with E-state index >= 15 is 0 Å². The first kappa shape index (κ1) is 8.26. The van der Waals surface area contributed by atoms with Crippen molar-refractivity contribution in [2.24, 2.45) is 0 Å². The van der Waals surface area contributed by atoms with Crippen LogP contribution in [0.1, 0.15) is 5.76 Å². The first-order valence-electron chi connectivity index (χ1n) is 3.19. The van der Waals surface area contributed by atoms with Crippen LogP contribution in [0.5, 0.6) is 0 Å². The van der Waals surface area contributed by atoms with Crippen molar-refractivity contribution in [3.8, 4) is 0 Å². The number of carbonyl (C=O) groups is 2. The lowest BCUT2D eigenvalue weighted by atomic mass is 10.3. The van der Waals surface area contributed by atoms with E-state index in [1.165, 1.54) is 12.3 Å². The quantitative estimate of drug-likeness (QED) is 0.536. The highest BCUT2D eigenvalue weighted by Gasteiger charge is 2.05. The third kappa shape index (κ3) is 2.09. The monoisotopic (exact) mass is 166 g/mol. The van der Waals surface area contributed by atoms with Crippen molar-refractivity contribution < 1.29 is 19.1 Å². The minimum absolute atomic E-state index is 0.449. The molecule has 12 heavy (non-hydrogen) atoms. The van der Waals surface area contributed by atoms with Gasteiger partial charge in [-0.25, -0.2) is 4.79 Å². The van der Waals surface area contributed by atoms with Gasteiger partial charge in [-0.1, -0.05) is 0 Å². The Hall–Kier alpha value is -1.84. The molecule has 0 aliphatic heterocycles. The van der Waals surface area contributed by atoms with Crippen molar-refractivity contribution in [2.75, 3.05) is 0 Å². The zero-order chi connectivity index (χ0) is 8.97. The van der Waals surface area contributed by atoms with Gasteiger partial charge in [-0.15, -0.1) is 0 Å². The summed E-state index contributed by atoms with van der Waals surface area (Å²) in [7, 11) is 0. The Morgan fingerprint density at radius 2 is 2.25 bits per heavy atom. The van der Waals surface area contributed by atoms with Gasteiger partial charge in [-0.2, -0.15) is 0 Å². The van der Waals surface area contributed by atoms with E-state index in [-0.39, 0.29) is 0 Å². The van der Waals surface area contributed by atoms with Crippen molar-refractivity contribution in [3.05, 3.63) is 30.2 Å². The van der Waals surface area contributed by atoms with E-state index in [1.54, 1.807) is 12.1 Å². The summed E-state index contributed by atoms with van der Waals surface area (Å²) in [6.07, 6.45) is 3.68. The molecule has 1 heterocycles. The number of aliphatic carboxylic acids is 1. The molecule has 0 amide bonds. The van der Waals surface area contributed by atoms with Gasteiger partial charge in [0.1, 0.15) is 5.76 Å². The van der Waals surface area contributed by atoms with Gasteiger partial charge in [-0.3, -0.25) is 4.79 Å². The summed E-state index contributed by atoms with van der Waals surface area (Å²) in [4.78, 5) is 20.5. The topological polar surface area (TPSA) is 67.5 Å². The van der Waals surface area contributed by atoms with Gasteiger partial charge in [0.05, 0.1) is 6.26 Å². The van der Waals surface area contributed by atoms with E-state index < -0.39 is 11.8 Å². The number of carbonyl (C=O) groups excluding carboxylic acids is 1. The van der Waals surface area contributed by atoms with Crippen molar-refractivity contribution in [2.45, 2.75) is 0 Å². The Morgan fingerprint density at radius 3 is 2.75 bits per heavy atom. The average molecular weight is 166 g/mol. The SMILES string of the molecule is O=C(O)C(=O)C=Cc1ccco1. The summed E-state index contributed by atoms with van der Waals surface area (Å²) in [6.45, 7) is 0. The van der Waals surface area contributed by atoms with Gasteiger partial charge in [-0.05, 0) is 24.3 Å². The summed E-state index contributed by atoms with van der Waals surface area (Å²) in [5.74, 6) is -1.99. The lowest BCUT2D eigenvalue weighted by Crippen LogP contribution is -2.08. The summed E-state index contributed by atoms with van der Waals surface area (Å²) < 4.78 is 4.83. The smallest absolute Gasteiger partial charge is 0.376 e. The van der Waals surface area contributed by atoms with Crippen LogP contribution in [-0.4, -0.2) is 16.9 Å². The van der Waals surface area contributed by atoms with Crippen LogP contribution >= 0.6 is 0 Å². The van der Waals surface area contributed by atoms with Crippen molar-refractivity contribution >= 4 is 17.8 Å². The zero-order valence-corrected chi connectivity index (χ0v) is 6.06. The number of hydrogen-bond donors (Lipinski definition) is 1. The second-order valence-electron chi connectivity index (χ2n) is 2.02. The van der Waals surface area contributed by atoms with Gasteiger partial charge in [0.15, 0.2) is 0 Å². The molecule has 1 rings (SSSR count). The Bertz CT molecular complexity index is 308. The van der Waals surface area contributed by atoms with Gasteiger partial charge in [0.2, 0.25) is 0 Å². The maximum Gasteiger partial charge on any atom is 0.376 e. The molecule has 62 valence electrons. The molecular weight excluding hydrogens is 160 g/mol. The summed E-state index contributed by atoms with van der Waals surface area (Å²) in [5.41, 5.74) is 0. The van der Waals surface area contributed by atoms with Gasteiger partial charge < -0.3 is 9.52 Å². The van der Waals surface area contributed by atoms with Gasteiger partial charge >= 0.3 is 5.97 Å². The van der Waals surface area contributed by atoms with Crippen LogP contribution in [0, 0.1) is 0 Å². The van der Waals surface area contributed by atoms with Gasteiger partial charge in [0.25, 0.3) is 5.78 Å². The number of ketones is 1. The second kappa shape index (κ2) is 3.52. The molecule has 1 N–H and O–H groups in total. The minimum Gasteiger partial charge on any atom is -0.475 e. The first-order valence-corrected chi connectivity index (χ1v) is 3.19. The van der Waals surface area contributed by atoms with E-state index in [0.717, 1.165) is 6.08 Å². The molecule has 0 aromatic carbocycles. The van der Waals surface area contributed by atoms with Crippen LogP contribution < -0.4 is 0 Å². The van der Waals surface area contributed by atoms with Gasteiger partial charge in [0, 0.05) is 0 Å². The highest BCUT2D eigenvalue weighted by Crippen LogP contribution is 2.01. The molecule has 0 radical (unpaired) electrons. The maximum atomic E-state index is 10.5. The van der Waals surface area contributed by atoms with Crippen LogP contribution in [0.3, 0.4) is 0 Å². The fourth-order valence-corrected chi connectivity index (χ4v) is 0.615. The Kier molecular flexibility index (Phi) is 2.42. The summed E-state index contributed by atoms with van der Waals surface area (Å²) in [5, 5.41) is 8.18. The fraction of sp³-hybridized carbons (Fsp3) is 0. The number of furan rings is 1. The van der Waals surface area contributed by atoms with E-state index in [1.807, 2.05) is 0 Å². The standard InChI is InChI=1S/C8H6O4/c9-7(8(10)11)4-3-6-2-1-5-12-6/h1-5H,(H,10,11). The lowest BCUT2D eigenvalue weighted by molar-refractivity contribution is -0.146. The molecule has 0 fully saturated rings. The van der Waals surface area contributed by atoms with Crippen molar-refractivity contribution in [1.29, 1.82) is 0 Å². The molecule has 0 aliphatic rings. The molecule has 0 aliphatic carbocycles. The Labute approximate surface area is 68.1 Å². The van der Waals surface area contributed by atoms with E-state index in [4.69, 9.17) is 9.52 Å². The third-order valence-electron chi connectivity index (χ3n) is 1.15. The number of carboxylic acid groups (broad SMARTS) is 1. The number of rotatable bonds is 3. The van der Waals surface area contributed by atoms with Crippen LogP contribution in [0.15, 0.2) is 28.9 Å². The summed E-state index contributed by atoms with van der Waals surface area (Å²) >= 11 is 0. The molecule has 0 spiro atoms. The maximum absolute atomic E-state index is 10.5. The van der Waals surface area contributed by atoms with Crippen LogP contribution in [0.4, 0.5) is 0 Å². The average Bonchev–Trinajstić information content (AvgIpc) is 2.51. The Balaban J connectivity index is 2.63. The fourth-order valence-electron chi connectivity index (χ4n) is 0.615. The molecule has 0 bridgehead atoms. The highest BCUT2D eigenvalue weighted by atomic mass is 16.4. The van der Waals surface area contributed by atoms with E-state index in [9.17, 15) is 9.59 Å². The van der Waals surface area contributed by atoms with E-state index in [0.29, 0.717) is 5.76 Å². The summed E-state index contributed by atoms with van der Waals surface area (Å²) in [6, 6.07) is 3.26. The second-order valence-corrected chi connectivity index (χ2v) is 2.02. The zero-order valence-electron chi connectivity index (χ0n) is 6.06. The molecule has 0 saturated heterocycles. The lowest BCUT2D eigenvalue weighted by Gasteiger charge is -1.82. The molecule has 0 atom stereocenters. The number of carboxylic acids is 1. The van der Waals surface area contributed by atoms with Crippen molar-refractivity contribution in [1.82, 2.24) is 0 Å². The predicted octanol–water partition coefficient (Wildman–Crippen LogP) is 0.947. The molecule has 1 aromatic heterocycles. The predicted molar refractivity (Wildman–Crippen MR) is 40.4 cm³/mol. The van der Waals surface area contributed by atoms with Crippen LogP contribution in [0.25, 0.3) is 6.08 Å². The third-order valence-corrected chi connectivity index (χ3v) is 1.15. The molecular formula is C8H6O4. The molecule has 1 aromatic rings. The Morgan fingerprint density at radius 1 is 1.50 bits per heavy atom. The first-order chi connectivity index (χ1) is 5.70. The number of hydrogen-bond acceptors (Lipinski definition) is 3. The molecule has 0 unspecified atom stereocenters. The molecule has 0 saturated carbocycles. The molecule has 4 heteroatoms. The highest BCUT2D eigenvalue weighted by molar-refractivity contribution is 6.38.